The summed E-state index contributed by atoms with van der Waals surface area (Å²) in [6.45, 7) is 6.12. The Morgan fingerprint density at radius 1 is 1.37 bits per heavy atom. The van der Waals surface area contributed by atoms with Gasteiger partial charge in [0.2, 0.25) is 5.91 Å². The number of amides is 1. The van der Waals surface area contributed by atoms with E-state index in [0.29, 0.717) is 6.42 Å². The molecular weight excluding hydrogens is 238 g/mol. The van der Waals surface area contributed by atoms with Crippen LogP contribution in [0, 0.1) is 5.41 Å². The molecule has 0 radical (unpaired) electrons. The Bertz CT molecular complexity index is 435. The maximum absolute atomic E-state index is 11.9. The molecule has 0 fully saturated rings. The van der Waals surface area contributed by atoms with Crippen LogP contribution in [0.2, 0.25) is 0 Å². The summed E-state index contributed by atoms with van der Waals surface area (Å²) in [7, 11) is 3.94. The summed E-state index contributed by atoms with van der Waals surface area (Å²) in [6.07, 6.45) is 0.329. The van der Waals surface area contributed by atoms with Gasteiger partial charge < -0.3 is 16.0 Å². The Balaban J connectivity index is 2.65. The molecule has 1 rings (SSSR count). The van der Waals surface area contributed by atoms with E-state index in [1.807, 2.05) is 64.0 Å². The summed E-state index contributed by atoms with van der Waals surface area (Å²) in [5.41, 5.74) is 7.80. The standard InChI is InChI=1S/C15H25N3O/c1-15(2,3)13(16)10-14(19)17-11-7-6-8-12(9-11)18(4)5/h6-9,13H,10,16H2,1-5H3,(H,17,19). The van der Waals surface area contributed by atoms with Crippen LogP contribution in [0.25, 0.3) is 0 Å². The first kappa shape index (κ1) is 15.5. The normalized spacial score (nSPS) is 12.9. The van der Waals surface area contributed by atoms with Crippen LogP contribution < -0.4 is 16.0 Å². The number of carbonyl (C=O) groups excluding carboxylic acids is 1. The van der Waals surface area contributed by atoms with Crippen LogP contribution >= 0.6 is 0 Å². The highest BCUT2D eigenvalue weighted by Gasteiger charge is 2.23. The van der Waals surface area contributed by atoms with E-state index in [1.165, 1.54) is 0 Å². The zero-order valence-corrected chi connectivity index (χ0v) is 12.5. The molecule has 1 aromatic rings. The van der Waals surface area contributed by atoms with Crippen molar-refractivity contribution in [2.75, 3.05) is 24.3 Å². The molecule has 4 nitrogen and oxygen atoms in total. The van der Waals surface area contributed by atoms with Gasteiger partial charge in [-0.15, -0.1) is 0 Å². The van der Waals surface area contributed by atoms with E-state index in [1.54, 1.807) is 0 Å². The van der Waals surface area contributed by atoms with Crippen LogP contribution in [0.4, 0.5) is 11.4 Å². The summed E-state index contributed by atoms with van der Waals surface area (Å²) < 4.78 is 0. The molecule has 0 heterocycles. The van der Waals surface area contributed by atoms with Crippen molar-refractivity contribution in [3.8, 4) is 0 Å². The zero-order chi connectivity index (χ0) is 14.6. The van der Waals surface area contributed by atoms with Gasteiger partial charge in [0, 0.05) is 37.9 Å². The van der Waals surface area contributed by atoms with Gasteiger partial charge in [-0.1, -0.05) is 26.8 Å². The SMILES string of the molecule is CN(C)c1cccc(NC(=O)CC(N)C(C)(C)C)c1. The molecule has 0 aliphatic rings. The van der Waals surface area contributed by atoms with Crippen molar-refractivity contribution < 1.29 is 4.79 Å². The van der Waals surface area contributed by atoms with Crippen LogP contribution in [0.1, 0.15) is 27.2 Å². The predicted molar refractivity (Wildman–Crippen MR) is 81.4 cm³/mol. The van der Waals surface area contributed by atoms with Crippen molar-refractivity contribution in [2.24, 2.45) is 11.1 Å². The summed E-state index contributed by atoms with van der Waals surface area (Å²) in [4.78, 5) is 13.9. The van der Waals surface area contributed by atoms with Gasteiger partial charge in [-0.3, -0.25) is 4.79 Å². The molecule has 1 aromatic carbocycles. The van der Waals surface area contributed by atoms with E-state index in [-0.39, 0.29) is 17.4 Å². The quantitative estimate of drug-likeness (QED) is 0.877. The molecule has 3 N–H and O–H groups in total. The van der Waals surface area contributed by atoms with Gasteiger partial charge >= 0.3 is 0 Å². The summed E-state index contributed by atoms with van der Waals surface area (Å²) in [6, 6.07) is 7.60. The third-order valence-electron chi connectivity index (χ3n) is 3.16. The smallest absolute Gasteiger partial charge is 0.225 e. The summed E-state index contributed by atoms with van der Waals surface area (Å²) >= 11 is 0. The number of benzene rings is 1. The fraction of sp³-hybridized carbons (Fsp3) is 0.533. The van der Waals surface area contributed by atoms with Crippen molar-refractivity contribution in [1.29, 1.82) is 0 Å². The van der Waals surface area contributed by atoms with Crippen molar-refractivity contribution >= 4 is 17.3 Å². The first-order valence-electron chi connectivity index (χ1n) is 6.53. The predicted octanol–water partition coefficient (Wildman–Crippen LogP) is 2.45. The highest BCUT2D eigenvalue weighted by molar-refractivity contribution is 5.91. The Hall–Kier alpha value is -1.55. The highest BCUT2D eigenvalue weighted by atomic mass is 16.1. The van der Waals surface area contributed by atoms with Crippen molar-refractivity contribution in [3.05, 3.63) is 24.3 Å². The molecule has 19 heavy (non-hydrogen) atoms. The highest BCUT2D eigenvalue weighted by Crippen LogP contribution is 2.21. The largest absolute Gasteiger partial charge is 0.378 e. The number of hydrogen-bond acceptors (Lipinski definition) is 3. The summed E-state index contributed by atoms with van der Waals surface area (Å²) in [5, 5.41) is 2.89. The lowest BCUT2D eigenvalue weighted by atomic mass is 9.85. The minimum atomic E-state index is -0.149. The van der Waals surface area contributed by atoms with Gasteiger partial charge in [-0.05, 0) is 23.6 Å². The first-order valence-corrected chi connectivity index (χ1v) is 6.53. The lowest BCUT2D eigenvalue weighted by molar-refractivity contribution is -0.117. The number of nitrogens with one attached hydrogen (secondary N) is 1. The summed E-state index contributed by atoms with van der Waals surface area (Å²) in [5.74, 6) is -0.0432. The van der Waals surface area contributed by atoms with Gasteiger partial charge in [0.05, 0.1) is 0 Å². The molecule has 1 unspecified atom stereocenters. The Morgan fingerprint density at radius 3 is 2.53 bits per heavy atom. The van der Waals surface area contributed by atoms with E-state index >= 15 is 0 Å². The lowest BCUT2D eigenvalue weighted by Crippen LogP contribution is -2.38. The topological polar surface area (TPSA) is 58.4 Å². The molecule has 0 saturated heterocycles. The monoisotopic (exact) mass is 263 g/mol. The molecule has 0 bridgehead atoms. The van der Waals surface area contributed by atoms with Gasteiger partial charge in [0.1, 0.15) is 0 Å². The number of nitrogens with two attached hydrogens (primary N) is 1. The zero-order valence-electron chi connectivity index (χ0n) is 12.5. The minimum Gasteiger partial charge on any atom is -0.378 e. The molecule has 4 heteroatoms. The molecular formula is C15H25N3O. The second kappa shape index (κ2) is 6.06. The molecule has 0 aliphatic carbocycles. The van der Waals surface area contributed by atoms with Gasteiger partial charge in [-0.25, -0.2) is 0 Å². The number of rotatable bonds is 4. The molecule has 1 amide bonds. The van der Waals surface area contributed by atoms with Crippen LogP contribution in [0.3, 0.4) is 0 Å². The van der Waals surface area contributed by atoms with E-state index < -0.39 is 0 Å². The van der Waals surface area contributed by atoms with E-state index in [9.17, 15) is 4.79 Å². The molecule has 1 atom stereocenters. The van der Waals surface area contributed by atoms with Gasteiger partial charge in [0.15, 0.2) is 0 Å². The number of carbonyl (C=O) groups is 1. The second-order valence-electron chi connectivity index (χ2n) is 6.17. The Morgan fingerprint density at radius 2 is 2.00 bits per heavy atom. The third-order valence-corrected chi connectivity index (χ3v) is 3.16. The fourth-order valence-electron chi connectivity index (χ4n) is 1.58. The Kier molecular flexibility index (Phi) is 4.95. The van der Waals surface area contributed by atoms with Crippen LogP contribution in [-0.2, 0) is 4.79 Å². The molecule has 106 valence electrons. The minimum absolute atomic E-state index is 0.0432. The van der Waals surface area contributed by atoms with Crippen molar-refractivity contribution in [1.82, 2.24) is 0 Å². The molecule has 0 spiro atoms. The molecule has 0 aliphatic heterocycles. The first-order chi connectivity index (χ1) is 8.70. The van der Waals surface area contributed by atoms with Crippen molar-refractivity contribution in [2.45, 2.75) is 33.2 Å². The number of hydrogen-bond donors (Lipinski definition) is 2. The van der Waals surface area contributed by atoms with E-state index in [2.05, 4.69) is 5.32 Å². The average molecular weight is 263 g/mol. The fourth-order valence-corrected chi connectivity index (χ4v) is 1.58. The van der Waals surface area contributed by atoms with Gasteiger partial charge in [0.25, 0.3) is 0 Å². The number of nitrogens with zero attached hydrogens (tertiary/aromatic N) is 1. The van der Waals surface area contributed by atoms with Crippen LogP contribution in [-0.4, -0.2) is 26.0 Å². The average Bonchev–Trinajstić information content (AvgIpc) is 2.27. The molecule has 0 saturated carbocycles. The Labute approximate surface area is 116 Å². The second-order valence-corrected chi connectivity index (χ2v) is 6.17. The van der Waals surface area contributed by atoms with E-state index in [4.69, 9.17) is 5.73 Å². The van der Waals surface area contributed by atoms with Gasteiger partial charge in [-0.2, -0.15) is 0 Å². The van der Waals surface area contributed by atoms with Crippen LogP contribution in [0.15, 0.2) is 24.3 Å². The number of anilines is 2. The van der Waals surface area contributed by atoms with Crippen LogP contribution in [0.5, 0.6) is 0 Å². The lowest BCUT2D eigenvalue weighted by Gasteiger charge is -2.26. The van der Waals surface area contributed by atoms with E-state index in [0.717, 1.165) is 11.4 Å². The molecule has 0 aromatic heterocycles. The maximum Gasteiger partial charge on any atom is 0.225 e. The third kappa shape index (κ3) is 4.91. The van der Waals surface area contributed by atoms with Crippen molar-refractivity contribution in [3.63, 3.8) is 0 Å². The maximum atomic E-state index is 11.9.